The second-order valence-corrected chi connectivity index (χ2v) is 6.56. The van der Waals surface area contributed by atoms with E-state index in [1.807, 2.05) is 45.2 Å². The minimum Gasteiger partial charge on any atom is -0.444 e. The Labute approximate surface area is 126 Å². The second kappa shape index (κ2) is 6.43. The fraction of sp³-hybridized carbons (Fsp3) is 0.625. The molecule has 0 saturated carbocycles. The van der Waals surface area contributed by atoms with Crippen LogP contribution in [-0.4, -0.2) is 40.7 Å². The highest BCUT2D eigenvalue weighted by atomic mass is 16.6. The number of nitrogens with one attached hydrogen (secondary N) is 1. The minimum atomic E-state index is -0.455. The highest BCUT2D eigenvalue weighted by Crippen LogP contribution is 2.23. The number of rotatable bonds is 3. The number of nitrogens with zero attached hydrogens (tertiary/aromatic N) is 2. The first-order valence-corrected chi connectivity index (χ1v) is 7.49. The van der Waals surface area contributed by atoms with Gasteiger partial charge in [-0.2, -0.15) is 0 Å². The molecule has 21 heavy (non-hydrogen) atoms. The SMILES string of the molecule is C[C@@H](c1ccccn1)N1CC[C@H](NC(=O)OC(C)(C)C)C1. The molecular weight excluding hydrogens is 266 g/mol. The van der Waals surface area contributed by atoms with Crippen LogP contribution >= 0.6 is 0 Å². The lowest BCUT2D eigenvalue weighted by Gasteiger charge is -2.24. The summed E-state index contributed by atoms with van der Waals surface area (Å²) >= 11 is 0. The van der Waals surface area contributed by atoms with Crippen LogP contribution in [0.5, 0.6) is 0 Å². The van der Waals surface area contributed by atoms with Crippen LogP contribution in [0.4, 0.5) is 4.79 Å². The maximum Gasteiger partial charge on any atom is 0.407 e. The van der Waals surface area contributed by atoms with E-state index in [0.717, 1.165) is 25.2 Å². The highest BCUT2D eigenvalue weighted by molar-refractivity contribution is 5.68. The molecule has 2 rings (SSSR count). The summed E-state index contributed by atoms with van der Waals surface area (Å²) in [6.45, 7) is 9.55. The van der Waals surface area contributed by atoms with Gasteiger partial charge in [0.1, 0.15) is 5.60 Å². The molecule has 1 aromatic rings. The van der Waals surface area contributed by atoms with E-state index in [0.29, 0.717) is 0 Å². The van der Waals surface area contributed by atoms with Gasteiger partial charge in [-0.3, -0.25) is 9.88 Å². The number of ether oxygens (including phenoxy) is 1. The molecule has 1 aromatic heterocycles. The summed E-state index contributed by atoms with van der Waals surface area (Å²) in [6, 6.07) is 6.38. The highest BCUT2D eigenvalue weighted by Gasteiger charge is 2.29. The van der Waals surface area contributed by atoms with E-state index in [1.54, 1.807) is 0 Å². The van der Waals surface area contributed by atoms with Crippen LogP contribution in [0.1, 0.15) is 45.9 Å². The molecule has 5 heteroatoms. The van der Waals surface area contributed by atoms with Crippen molar-refractivity contribution in [1.82, 2.24) is 15.2 Å². The molecule has 2 atom stereocenters. The van der Waals surface area contributed by atoms with Crippen molar-refractivity contribution in [2.45, 2.75) is 51.8 Å². The Morgan fingerprint density at radius 3 is 2.86 bits per heavy atom. The maximum atomic E-state index is 11.8. The van der Waals surface area contributed by atoms with Crippen LogP contribution < -0.4 is 5.32 Å². The van der Waals surface area contributed by atoms with Gasteiger partial charge in [0.15, 0.2) is 0 Å². The lowest BCUT2D eigenvalue weighted by molar-refractivity contribution is 0.0504. The van der Waals surface area contributed by atoms with Crippen LogP contribution in [0.15, 0.2) is 24.4 Å². The molecule has 116 valence electrons. The Hall–Kier alpha value is -1.62. The lowest BCUT2D eigenvalue weighted by Crippen LogP contribution is -2.40. The zero-order chi connectivity index (χ0) is 15.5. The van der Waals surface area contributed by atoms with E-state index < -0.39 is 5.60 Å². The summed E-state index contributed by atoms with van der Waals surface area (Å²) in [5, 5.41) is 2.95. The summed E-state index contributed by atoms with van der Waals surface area (Å²) in [5.41, 5.74) is 0.610. The molecule has 0 unspecified atom stereocenters. The smallest absolute Gasteiger partial charge is 0.407 e. The molecule has 0 aromatic carbocycles. The number of carbonyl (C=O) groups is 1. The Balaban J connectivity index is 1.85. The molecular formula is C16H25N3O2. The topological polar surface area (TPSA) is 54.5 Å². The second-order valence-electron chi connectivity index (χ2n) is 6.56. The number of carbonyl (C=O) groups excluding carboxylic acids is 1. The normalized spacial score (nSPS) is 21.0. The molecule has 1 aliphatic rings. The van der Waals surface area contributed by atoms with Crippen molar-refractivity contribution in [3.8, 4) is 0 Å². The number of pyridine rings is 1. The Kier molecular flexibility index (Phi) is 4.83. The Bertz CT molecular complexity index is 470. The van der Waals surface area contributed by atoms with Gasteiger partial charge < -0.3 is 10.1 Å². The molecule has 1 amide bonds. The van der Waals surface area contributed by atoms with E-state index in [9.17, 15) is 4.79 Å². The summed E-state index contributed by atoms with van der Waals surface area (Å²) in [5.74, 6) is 0. The monoisotopic (exact) mass is 291 g/mol. The van der Waals surface area contributed by atoms with Gasteiger partial charge in [-0.1, -0.05) is 6.07 Å². The maximum absolute atomic E-state index is 11.8. The Morgan fingerprint density at radius 2 is 2.24 bits per heavy atom. The van der Waals surface area contributed by atoms with Crippen molar-refractivity contribution in [2.24, 2.45) is 0 Å². The molecule has 0 bridgehead atoms. The standard InChI is InChI=1S/C16H25N3O2/c1-12(14-7-5-6-9-17-14)19-10-8-13(11-19)18-15(20)21-16(2,3)4/h5-7,9,12-13H,8,10-11H2,1-4H3,(H,18,20)/t12-,13-/m0/s1. The van der Waals surface area contributed by atoms with Gasteiger partial charge in [0.05, 0.1) is 5.69 Å². The minimum absolute atomic E-state index is 0.144. The summed E-state index contributed by atoms with van der Waals surface area (Å²) in [4.78, 5) is 18.5. The van der Waals surface area contributed by atoms with Gasteiger partial charge in [0, 0.05) is 31.4 Å². The van der Waals surface area contributed by atoms with Crippen molar-refractivity contribution in [2.75, 3.05) is 13.1 Å². The van der Waals surface area contributed by atoms with Crippen molar-refractivity contribution in [3.05, 3.63) is 30.1 Å². The number of alkyl carbamates (subject to hydrolysis) is 1. The van der Waals surface area contributed by atoms with Crippen molar-refractivity contribution in [3.63, 3.8) is 0 Å². The zero-order valence-electron chi connectivity index (χ0n) is 13.3. The average molecular weight is 291 g/mol. The molecule has 1 fully saturated rings. The fourth-order valence-electron chi connectivity index (χ4n) is 2.54. The molecule has 2 heterocycles. The summed E-state index contributed by atoms with van der Waals surface area (Å²) < 4.78 is 5.30. The van der Waals surface area contributed by atoms with Crippen LogP contribution in [-0.2, 0) is 4.74 Å². The number of hydrogen-bond acceptors (Lipinski definition) is 4. The first-order valence-electron chi connectivity index (χ1n) is 7.49. The summed E-state index contributed by atoms with van der Waals surface area (Å²) in [7, 11) is 0. The van der Waals surface area contributed by atoms with E-state index in [-0.39, 0.29) is 18.2 Å². The van der Waals surface area contributed by atoms with Crippen LogP contribution in [0.2, 0.25) is 0 Å². The van der Waals surface area contributed by atoms with Crippen LogP contribution in [0.25, 0.3) is 0 Å². The number of amides is 1. The molecule has 1 saturated heterocycles. The quantitative estimate of drug-likeness (QED) is 0.930. The number of aromatic nitrogens is 1. The van der Waals surface area contributed by atoms with Gasteiger partial charge in [-0.05, 0) is 46.2 Å². The van der Waals surface area contributed by atoms with Gasteiger partial charge in [0.25, 0.3) is 0 Å². The largest absolute Gasteiger partial charge is 0.444 e. The molecule has 5 nitrogen and oxygen atoms in total. The predicted molar refractivity (Wildman–Crippen MR) is 82.0 cm³/mol. The lowest BCUT2D eigenvalue weighted by atomic mass is 10.2. The van der Waals surface area contributed by atoms with Gasteiger partial charge >= 0.3 is 6.09 Å². The third-order valence-electron chi connectivity index (χ3n) is 3.60. The van der Waals surface area contributed by atoms with E-state index >= 15 is 0 Å². The van der Waals surface area contributed by atoms with Crippen molar-refractivity contribution >= 4 is 6.09 Å². The molecule has 0 aliphatic carbocycles. The third kappa shape index (κ3) is 4.70. The van der Waals surface area contributed by atoms with Crippen molar-refractivity contribution < 1.29 is 9.53 Å². The molecule has 0 spiro atoms. The average Bonchev–Trinajstić information content (AvgIpc) is 2.85. The van der Waals surface area contributed by atoms with E-state index in [2.05, 4.69) is 22.1 Å². The first-order chi connectivity index (χ1) is 9.85. The first kappa shape index (κ1) is 15.8. The molecule has 1 aliphatic heterocycles. The van der Waals surface area contributed by atoms with Crippen LogP contribution in [0, 0.1) is 0 Å². The van der Waals surface area contributed by atoms with E-state index in [1.165, 1.54) is 0 Å². The summed E-state index contributed by atoms with van der Waals surface area (Å²) in [6.07, 6.45) is 2.43. The molecule has 1 N–H and O–H groups in total. The zero-order valence-corrected chi connectivity index (χ0v) is 13.3. The van der Waals surface area contributed by atoms with Crippen LogP contribution in [0.3, 0.4) is 0 Å². The van der Waals surface area contributed by atoms with Gasteiger partial charge in [-0.15, -0.1) is 0 Å². The Morgan fingerprint density at radius 1 is 1.48 bits per heavy atom. The van der Waals surface area contributed by atoms with E-state index in [4.69, 9.17) is 4.74 Å². The third-order valence-corrected chi connectivity index (χ3v) is 3.60. The number of hydrogen-bond donors (Lipinski definition) is 1. The predicted octanol–water partition coefficient (Wildman–Crippen LogP) is 2.74. The fourth-order valence-corrected chi connectivity index (χ4v) is 2.54. The van der Waals surface area contributed by atoms with Gasteiger partial charge in [0.2, 0.25) is 0 Å². The van der Waals surface area contributed by atoms with Gasteiger partial charge in [-0.25, -0.2) is 4.79 Å². The van der Waals surface area contributed by atoms with Crippen molar-refractivity contribution in [1.29, 1.82) is 0 Å². The molecule has 0 radical (unpaired) electrons. The number of likely N-dealkylation sites (tertiary alicyclic amines) is 1.